The summed E-state index contributed by atoms with van der Waals surface area (Å²) in [5.74, 6) is -2.77. The fourth-order valence-corrected chi connectivity index (χ4v) is 0.996. The number of hydrogen-bond donors (Lipinski definition) is 1. The summed E-state index contributed by atoms with van der Waals surface area (Å²) in [4.78, 5) is 13.6. The van der Waals surface area contributed by atoms with Crippen molar-refractivity contribution in [1.29, 1.82) is 0 Å². The molecule has 11 heavy (non-hydrogen) atoms. The third-order valence-corrected chi connectivity index (χ3v) is 1.54. The fourth-order valence-electron chi connectivity index (χ4n) is 0.485. The summed E-state index contributed by atoms with van der Waals surface area (Å²) in [7, 11) is 0. The predicted octanol–water partition coefficient (Wildman–Crippen LogP) is 1.54. The van der Waals surface area contributed by atoms with Crippen LogP contribution in [0, 0.1) is 0 Å². The molecule has 0 saturated heterocycles. The summed E-state index contributed by atoms with van der Waals surface area (Å²) in [5, 5.41) is 9.67. The van der Waals surface area contributed by atoms with Crippen LogP contribution in [-0.2, 0) is 4.79 Å². The van der Waals surface area contributed by atoms with E-state index >= 15 is 0 Å². The summed E-state index contributed by atoms with van der Waals surface area (Å²) in [5.41, 5.74) is 1.83. The third kappa shape index (κ3) is 2.12. The number of aromatic nitrogens is 1. The Hall–Kier alpha value is -1.23. The molecule has 1 rings (SSSR count). The lowest BCUT2D eigenvalue weighted by molar-refractivity contribution is -0.134. The number of thiazole rings is 1. The van der Waals surface area contributed by atoms with Gasteiger partial charge in [-0.2, -0.15) is 4.39 Å². The summed E-state index contributed by atoms with van der Waals surface area (Å²) in [6.45, 7) is 0. The van der Waals surface area contributed by atoms with Gasteiger partial charge in [0.2, 0.25) is 5.83 Å². The highest BCUT2D eigenvalue weighted by molar-refractivity contribution is 7.07. The molecule has 5 heteroatoms. The number of nitrogens with zero attached hydrogens (tertiary/aromatic N) is 1. The first-order valence-corrected chi connectivity index (χ1v) is 3.63. The number of halogens is 1. The molecule has 0 bridgehead atoms. The van der Waals surface area contributed by atoms with Crippen molar-refractivity contribution in [3.05, 3.63) is 22.4 Å². The smallest absolute Gasteiger partial charge is 0.364 e. The van der Waals surface area contributed by atoms with Crippen molar-refractivity contribution >= 4 is 23.4 Å². The van der Waals surface area contributed by atoms with E-state index in [-0.39, 0.29) is 0 Å². The zero-order valence-corrected chi connectivity index (χ0v) is 6.14. The van der Waals surface area contributed by atoms with Gasteiger partial charge in [-0.3, -0.25) is 0 Å². The molecule has 1 aromatic rings. The second kappa shape index (κ2) is 3.25. The third-order valence-electron chi connectivity index (χ3n) is 0.930. The molecule has 0 radical (unpaired) electrons. The van der Waals surface area contributed by atoms with Gasteiger partial charge in [0, 0.05) is 11.5 Å². The van der Waals surface area contributed by atoms with Crippen molar-refractivity contribution < 1.29 is 14.3 Å². The molecule has 0 aromatic carbocycles. The molecule has 0 amide bonds. The summed E-state index contributed by atoms with van der Waals surface area (Å²) in [6.07, 6.45) is 0.874. The number of carboxylic acids is 1. The molecule has 58 valence electrons. The molecule has 1 N–H and O–H groups in total. The van der Waals surface area contributed by atoms with Crippen LogP contribution >= 0.6 is 11.3 Å². The Balaban J connectivity index is 2.82. The van der Waals surface area contributed by atoms with Gasteiger partial charge < -0.3 is 5.11 Å². The molecule has 0 aliphatic rings. The first-order valence-electron chi connectivity index (χ1n) is 2.69. The maximum absolute atomic E-state index is 12.3. The van der Waals surface area contributed by atoms with Crippen LogP contribution < -0.4 is 0 Å². The fraction of sp³-hybridized carbons (Fsp3) is 0. The van der Waals surface area contributed by atoms with Crippen LogP contribution in [0.15, 0.2) is 16.7 Å². The van der Waals surface area contributed by atoms with Gasteiger partial charge in [0.1, 0.15) is 0 Å². The van der Waals surface area contributed by atoms with Crippen LogP contribution in [0.1, 0.15) is 5.69 Å². The van der Waals surface area contributed by atoms with Gasteiger partial charge >= 0.3 is 5.97 Å². The van der Waals surface area contributed by atoms with Gasteiger partial charge in [-0.05, 0) is 0 Å². The molecule has 0 saturated carbocycles. The average molecular weight is 173 g/mol. The molecule has 0 aliphatic heterocycles. The van der Waals surface area contributed by atoms with Crippen LogP contribution in [0.4, 0.5) is 4.39 Å². The van der Waals surface area contributed by atoms with Crippen LogP contribution in [0.3, 0.4) is 0 Å². The van der Waals surface area contributed by atoms with Gasteiger partial charge in [0.05, 0.1) is 11.2 Å². The zero-order chi connectivity index (χ0) is 8.27. The van der Waals surface area contributed by atoms with E-state index in [1.54, 1.807) is 5.38 Å². The second-order valence-electron chi connectivity index (χ2n) is 1.71. The van der Waals surface area contributed by atoms with E-state index in [1.807, 2.05) is 0 Å². The lowest BCUT2D eigenvalue weighted by atomic mass is 10.4. The van der Waals surface area contributed by atoms with Crippen molar-refractivity contribution in [3.63, 3.8) is 0 Å². The zero-order valence-electron chi connectivity index (χ0n) is 5.32. The average Bonchev–Trinajstić information content (AvgIpc) is 2.39. The highest BCUT2D eigenvalue weighted by Crippen LogP contribution is 2.07. The van der Waals surface area contributed by atoms with Gasteiger partial charge in [-0.1, -0.05) is 0 Å². The summed E-state index contributed by atoms with van der Waals surface area (Å²) >= 11 is 1.28. The van der Waals surface area contributed by atoms with E-state index in [0.717, 1.165) is 6.08 Å². The topological polar surface area (TPSA) is 50.2 Å². The van der Waals surface area contributed by atoms with E-state index in [1.165, 1.54) is 16.8 Å². The lowest BCUT2D eigenvalue weighted by Crippen LogP contribution is -1.93. The van der Waals surface area contributed by atoms with E-state index in [2.05, 4.69) is 4.98 Å². The van der Waals surface area contributed by atoms with Gasteiger partial charge in [0.15, 0.2) is 0 Å². The predicted molar refractivity (Wildman–Crippen MR) is 38.8 cm³/mol. The minimum absolute atomic E-state index is 0.329. The van der Waals surface area contributed by atoms with E-state index in [4.69, 9.17) is 5.11 Å². The molecule has 1 aromatic heterocycles. The highest BCUT2D eigenvalue weighted by atomic mass is 32.1. The quantitative estimate of drug-likeness (QED) is 0.690. The van der Waals surface area contributed by atoms with Crippen LogP contribution in [0.25, 0.3) is 6.08 Å². The van der Waals surface area contributed by atoms with Gasteiger partial charge in [-0.15, -0.1) is 11.3 Å². The number of carboxylic acid groups (broad SMARTS) is 1. The molecule has 0 atom stereocenters. The minimum atomic E-state index is -1.57. The minimum Gasteiger partial charge on any atom is -0.476 e. The van der Waals surface area contributed by atoms with Crippen molar-refractivity contribution in [2.45, 2.75) is 0 Å². The van der Waals surface area contributed by atoms with Gasteiger partial charge in [-0.25, -0.2) is 9.78 Å². The van der Waals surface area contributed by atoms with Crippen molar-refractivity contribution in [1.82, 2.24) is 4.98 Å². The number of aliphatic carboxylic acids is 1. The first-order chi connectivity index (χ1) is 5.20. The molecule has 0 aliphatic carbocycles. The van der Waals surface area contributed by atoms with E-state index < -0.39 is 11.8 Å². The molecule has 0 unspecified atom stereocenters. The Morgan fingerprint density at radius 2 is 2.55 bits per heavy atom. The second-order valence-corrected chi connectivity index (χ2v) is 2.43. The monoisotopic (exact) mass is 173 g/mol. The molecule has 1 heterocycles. The molecular weight excluding hydrogens is 169 g/mol. The van der Waals surface area contributed by atoms with Gasteiger partial charge in [0.25, 0.3) is 0 Å². The maximum Gasteiger partial charge on any atom is 0.364 e. The number of carbonyl (C=O) groups is 1. The lowest BCUT2D eigenvalue weighted by Gasteiger charge is -1.84. The highest BCUT2D eigenvalue weighted by Gasteiger charge is 2.04. The largest absolute Gasteiger partial charge is 0.476 e. The van der Waals surface area contributed by atoms with Crippen LogP contribution in [0.2, 0.25) is 0 Å². The Kier molecular flexibility index (Phi) is 2.32. The number of hydrogen-bond acceptors (Lipinski definition) is 3. The first kappa shape index (κ1) is 7.87. The number of rotatable bonds is 2. The molecule has 0 fully saturated rings. The molecular formula is C6H4FNO2S. The summed E-state index contributed by atoms with van der Waals surface area (Å²) in [6, 6.07) is 0. The molecule has 3 nitrogen and oxygen atoms in total. The Morgan fingerprint density at radius 1 is 1.82 bits per heavy atom. The Bertz CT molecular complexity index is 281. The van der Waals surface area contributed by atoms with Crippen LogP contribution in [-0.4, -0.2) is 16.1 Å². The molecule has 0 spiro atoms. The normalized spacial score (nSPS) is 11.5. The Morgan fingerprint density at radius 3 is 3.00 bits per heavy atom. The van der Waals surface area contributed by atoms with Crippen molar-refractivity contribution in [3.8, 4) is 0 Å². The van der Waals surface area contributed by atoms with Crippen molar-refractivity contribution in [2.24, 2.45) is 0 Å². The van der Waals surface area contributed by atoms with Crippen molar-refractivity contribution in [2.75, 3.05) is 0 Å². The maximum atomic E-state index is 12.3. The van der Waals surface area contributed by atoms with Crippen LogP contribution in [0.5, 0.6) is 0 Å². The van der Waals surface area contributed by atoms with E-state index in [0.29, 0.717) is 5.69 Å². The standard InChI is InChI=1S/C6H4FNO2S/c7-5(6(9)10)1-4-2-11-3-8-4/h1-3H,(H,9,10)/b5-1-. The SMILES string of the molecule is O=C(O)/C(F)=C/c1cscn1. The Labute approximate surface area is 65.8 Å². The summed E-state index contributed by atoms with van der Waals surface area (Å²) < 4.78 is 12.3. The van der Waals surface area contributed by atoms with E-state index in [9.17, 15) is 9.18 Å².